The monoisotopic (exact) mass is 368 g/mol. The second-order valence-corrected chi connectivity index (χ2v) is 7.14. The van der Waals surface area contributed by atoms with E-state index in [0.29, 0.717) is 18.4 Å². The van der Waals surface area contributed by atoms with Crippen LogP contribution in [0.15, 0.2) is 30.3 Å². The minimum atomic E-state index is -0.417. The molecule has 2 fully saturated rings. The van der Waals surface area contributed by atoms with E-state index < -0.39 is 4.92 Å². The molecule has 2 aromatic rings. The fourth-order valence-corrected chi connectivity index (χ4v) is 4.00. The highest BCUT2D eigenvalue weighted by molar-refractivity contribution is 6.02. The maximum atomic E-state index is 11.9. The molecule has 1 aliphatic carbocycles. The Morgan fingerprint density at radius 3 is 2.41 bits per heavy atom. The molecule has 8 heteroatoms. The van der Waals surface area contributed by atoms with Gasteiger partial charge in [-0.3, -0.25) is 24.6 Å². The highest BCUT2D eigenvalue weighted by atomic mass is 16.6. The number of likely N-dealkylation sites (tertiary alicyclic amines) is 1. The maximum Gasteiger partial charge on any atom is 0.270 e. The first-order chi connectivity index (χ1) is 13.0. The topological polar surface area (TPSA) is 105 Å². The fraction of sp³-hybridized carbons (Fsp3) is 0.421. The molecule has 0 bridgehead atoms. The third-order valence-electron chi connectivity index (χ3n) is 5.39. The quantitative estimate of drug-likeness (QED) is 0.505. The van der Waals surface area contributed by atoms with E-state index in [1.807, 2.05) is 12.1 Å². The summed E-state index contributed by atoms with van der Waals surface area (Å²) in [4.78, 5) is 40.2. The van der Waals surface area contributed by atoms with Gasteiger partial charge in [0.2, 0.25) is 11.8 Å². The Bertz CT molecular complexity index is 905. The summed E-state index contributed by atoms with van der Waals surface area (Å²) in [5.74, 6) is 0.650. The summed E-state index contributed by atoms with van der Waals surface area (Å²) >= 11 is 0. The van der Waals surface area contributed by atoms with Crippen LogP contribution in [0.4, 0.5) is 11.5 Å². The number of rotatable bonds is 4. The number of carbonyl (C=O) groups excluding carboxylic acids is 2. The average molecular weight is 368 g/mol. The number of nitrogens with one attached hydrogen (secondary N) is 1. The van der Waals surface area contributed by atoms with Gasteiger partial charge >= 0.3 is 0 Å². The summed E-state index contributed by atoms with van der Waals surface area (Å²) in [6, 6.07) is 8.53. The number of nitrogens with zero attached hydrogens (tertiary/aromatic N) is 3. The molecule has 0 unspecified atom stereocenters. The molecule has 0 radical (unpaired) electrons. The zero-order valence-corrected chi connectivity index (χ0v) is 14.8. The molecular formula is C19H20N4O4. The molecule has 2 amide bonds. The number of carbonyl (C=O) groups is 2. The summed E-state index contributed by atoms with van der Waals surface area (Å²) < 4.78 is 0. The van der Waals surface area contributed by atoms with Crippen LogP contribution in [0.1, 0.15) is 38.5 Å². The van der Waals surface area contributed by atoms with Crippen molar-refractivity contribution < 1.29 is 14.5 Å². The van der Waals surface area contributed by atoms with Gasteiger partial charge in [-0.2, -0.15) is 0 Å². The number of aromatic nitrogens is 1. The van der Waals surface area contributed by atoms with Gasteiger partial charge in [0.25, 0.3) is 5.69 Å². The van der Waals surface area contributed by atoms with E-state index in [2.05, 4.69) is 10.3 Å². The van der Waals surface area contributed by atoms with Crippen LogP contribution in [0.25, 0.3) is 10.9 Å². The number of amides is 2. The number of anilines is 1. The summed E-state index contributed by atoms with van der Waals surface area (Å²) in [6.07, 6.45) is 4.01. The Balaban J connectivity index is 1.40. The molecule has 1 aliphatic heterocycles. The van der Waals surface area contributed by atoms with Crippen LogP contribution in [0.5, 0.6) is 0 Å². The minimum Gasteiger partial charge on any atom is -0.367 e. The minimum absolute atomic E-state index is 0.0238. The largest absolute Gasteiger partial charge is 0.367 e. The number of nitro groups is 1. The summed E-state index contributed by atoms with van der Waals surface area (Å²) in [6.45, 7) is 0. The summed E-state index contributed by atoms with van der Waals surface area (Å²) in [7, 11) is 0. The van der Waals surface area contributed by atoms with Crippen LogP contribution in [0.2, 0.25) is 0 Å². The van der Waals surface area contributed by atoms with E-state index >= 15 is 0 Å². The fourth-order valence-electron chi connectivity index (χ4n) is 4.00. The van der Waals surface area contributed by atoms with Crippen LogP contribution in [0, 0.1) is 10.1 Å². The number of nitro benzene ring substituents is 1. The molecule has 27 heavy (non-hydrogen) atoms. The zero-order valence-electron chi connectivity index (χ0n) is 14.8. The van der Waals surface area contributed by atoms with Crippen molar-refractivity contribution in [3.8, 4) is 0 Å². The number of imide groups is 1. The lowest BCUT2D eigenvalue weighted by Gasteiger charge is -2.34. The molecular weight excluding hydrogens is 348 g/mol. The first-order valence-electron chi connectivity index (χ1n) is 9.18. The van der Waals surface area contributed by atoms with Crippen molar-refractivity contribution in [3.05, 3.63) is 40.4 Å². The second-order valence-electron chi connectivity index (χ2n) is 7.14. The van der Waals surface area contributed by atoms with Gasteiger partial charge in [-0.1, -0.05) is 0 Å². The van der Waals surface area contributed by atoms with Crippen molar-refractivity contribution in [1.82, 2.24) is 9.88 Å². The van der Waals surface area contributed by atoms with Crippen molar-refractivity contribution >= 4 is 34.2 Å². The predicted octanol–water partition coefficient (Wildman–Crippen LogP) is 3.02. The molecule has 1 saturated heterocycles. The second kappa shape index (κ2) is 6.94. The highest BCUT2D eigenvalue weighted by Gasteiger charge is 2.36. The lowest BCUT2D eigenvalue weighted by molar-refractivity contribution is -0.384. The lowest BCUT2D eigenvalue weighted by Crippen LogP contribution is -2.43. The van der Waals surface area contributed by atoms with Crippen LogP contribution >= 0.6 is 0 Å². The molecule has 1 N–H and O–H groups in total. The van der Waals surface area contributed by atoms with Crippen molar-refractivity contribution in [2.75, 3.05) is 5.32 Å². The van der Waals surface area contributed by atoms with Crippen molar-refractivity contribution in [1.29, 1.82) is 0 Å². The number of non-ortho nitro benzene ring substituents is 1. The van der Waals surface area contributed by atoms with Gasteiger partial charge in [0.05, 0.1) is 10.4 Å². The first kappa shape index (κ1) is 17.4. The smallest absolute Gasteiger partial charge is 0.270 e. The Morgan fingerprint density at radius 2 is 1.74 bits per heavy atom. The molecule has 0 atom stereocenters. The van der Waals surface area contributed by atoms with Gasteiger partial charge in [-0.25, -0.2) is 4.98 Å². The molecule has 2 aliphatic rings. The van der Waals surface area contributed by atoms with Crippen LogP contribution in [-0.2, 0) is 9.59 Å². The zero-order chi connectivity index (χ0) is 19.0. The van der Waals surface area contributed by atoms with E-state index in [-0.39, 0.29) is 29.6 Å². The molecule has 1 saturated carbocycles. The molecule has 140 valence electrons. The molecule has 4 rings (SSSR count). The number of hydrogen-bond acceptors (Lipinski definition) is 6. The SMILES string of the molecule is O=C1CCC(=O)N1C1CCC(Nc2ccc3cc([N+](=O)[O-])ccc3n2)CC1. The van der Waals surface area contributed by atoms with E-state index in [4.69, 9.17) is 0 Å². The maximum absolute atomic E-state index is 11.9. The van der Waals surface area contributed by atoms with Crippen molar-refractivity contribution in [2.24, 2.45) is 0 Å². The van der Waals surface area contributed by atoms with Crippen LogP contribution in [-0.4, -0.2) is 38.7 Å². The van der Waals surface area contributed by atoms with Gasteiger partial charge in [-0.05, 0) is 43.9 Å². The third kappa shape index (κ3) is 3.47. The highest BCUT2D eigenvalue weighted by Crippen LogP contribution is 2.29. The third-order valence-corrected chi connectivity index (χ3v) is 5.39. The number of fused-ring (bicyclic) bond motifs is 1. The lowest BCUT2D eigenvalue weighted by atomic mass is 9.90. The van der Waals surface area contributed by atoms with Crippen molar-refractivity contribution in [3.63, 3.8) is 0 Å². The number of hydrogen-bond donors (Lipinski definition) is 1. The van der Waals surface area contributed by atoms with Crippen LogP contribution in [0.3, 0.4) is 0 Å². The number of benzene rings is 1. The van der Waals surface area contributed by atoms with Gasteiger partial charge in [0, 0.05) is 42.4 Å². The summed E-state index contributed by atoms with van der Waals surface area (Å²) in [5.41, 5.74) is 0.752. The van der Waals surface area contributed by atoms with E-state index in [1.54, 1.807) is 6.07 Å². The molecule has 2 heterocycles. The number of pyridine rings is 1. The Morgan fingerprint density at radius 1 is 1.04 bits per heavy atom. The van der Waals surface area contributed by atoms with Gasteiger partial charge < -0.3 is 5.32 Å². The molecule has 8 nitrogen and oxygen atoms in total. The predicted molar refractivity (Wildman–Crippen MR) is 99.2 cm³/mol. The Hall–Kier alpha value is -3.03. The Kier molecular flexibility index (Phi) is 4.47. The normalized spacial score (nSPS) is 23.0. The molecule has 1 aromatic heterocycles. The summed E-state index contributed by atoms with van der Waals surface area (Å²) in [5, 5.41) is 15.0. The molecule has 0 spiro atoms. The van der Waals surface area contributed by atoms with Gasteiger partial charge in [0.1, 0.15) is 5.82 Å². The Labute approximate surface area is 155 Å². The van der Waals surface area contributed by atoms with E-state index in [0.717, 1.165) is 36.9 Å². The molecule has 1 aromatic carbocycles. The average Bonchev–Trinajstić information content (AvgIpc) is 3.00. The first-order valence-corrected chi connectivity index (χ1v) is 9.18. The van der Waals surface area contributed by atoms with Gasteiger partial charge in [0.15, 0.2) is 0 Å². The van der Waals surface area contributed by atoms with E-state index in [1.165, 1.54) is 17.0 Å². The van der Waals surface area contributed by atoms with E-state index in [9.17, 15) is 19.7 Å². The van der Waals surface area contributed by atoms with Gasteiger partial charge in [-0.15, -0.1) is 0 Å². The van der Waals surface area contributed by atoms with Crippen LogP contribution < -0.4 is 5.32 Å². The van der Waals surface area contributed by atoms with Crippen molar-refractivity contribution in [2.45, 2.75) is 50.6 Å². The standard InChI is InChI=1S/C19H20N4O4/c24-18-9-10-19(25)22(18)14-4-2-13(3-5-14)20-17-8-1-12-11-15(23(26)27)6-7-16(12)21-17/h1,6-8,11,13-14H,2-5,9-10H2,(H,20,21).